The summed E-state index contributed by atoms with van der Waals surface area (Å²) in [6, 6.07) is 15.0. The van der Waals surface area contributed by atoms with Gasteiger partial charge in [-0.15, -0.1) is 0 Å². The highest BCUT2D eigenvalue weighted by Crippen LogP contribution is 2.19. The van der Waals surface area contributed by atoms with Gasteiger partial charge in [-0.25, -0.2) is 0 Å². The van der Waals surface area contributed by atoms with Crippen molar-refractivity contribution in [3.63, 3.8) is 0 Å². The molecule has 0 aliphatic rings. The first-order valence-electron chi connectivity index (χ1n) is 7.61. The molecule has 3 rings (SSSR count). The van der Waals surface area contributed by atoms with Crippen molar-refractivity contribution in [1.29, 1.82) is 0 Å². The minimum Gasteiger partial charge on any atom is -0.321 e. The molecule has 0 fully saturated rings. The molecule has 132 valence electrons. The van der Waals surface area contributed by atoms with E-state index in [0.717, 1.165) is 0 Å². The Morgan fingerprint density at radius 2 is 1.73 bits per heavy atom. The number of halogens is 2. The van der Waals surface area contributed by atoms with Gasteiger partial charge < -0.3 is 10.6 Å². The van der Waals surface area contributed by atoms with E-state index in [1.54, 1.807) is 55.6 Å². The van der Waals surface area contributed by atoms with Crippen LogP contribution in [0.3, 0.4) is 0 Å². The third-order valence-corrected chi connectivity index (χ3v) is 4.12. The van der Waals surface area contributed by atoms with E-state index in [0.29, 0.717) is 27.1 Å². The Morgan fingerprint density at radius 1 is 0.962 bits per heavy atom. The normalized spacial score (nSPS) is 10.4. The van der Waals surface area contributed by atoms with Crippen LogP contribution in [0.15, 0.2) is 54.6 Å². The average molecular weight is 389 g/mol. The van der Waals surface area contributed by atoms with Crippen LogP contribution in [0.2, 0.25) is 10.0 Å². The van der Waals surface area contributed by atoms with Crippen LogP contribution in [0.25, 0.3) is 0 Å². The van der Waals surface area contributed by atoms with E-state index in [9.17, 15) is 9.59 Å². The number of nitrogens with zero attached hydrogens (tertiary/aromatic N) is 2. The van der Waals surface area contributed by atoms with Gasteiger partial charge in [0.2, 0.25) is 0 Å². The van der Waals surface area contributed by atoms with Crippen molar-refractivity contribution in [3.05, 3.63) is 75.9 Å². The van der Waals surface area contributed by atoms with Crippen LogP contribution in [0.5, 0.6) is 0 Å². The summed E-state index contributed by atoms with van der Waals surface area (Å²) < 4.78 is 1.40. The Bertz CT molecular complexity index is 985. The molecule has 2 amide bonds. The van der Waals surface area contributed by atoms with E-state index in [2.05, 4.69) is 15.7 Å². The molecule has 3 aromatic rings. The number of aryl methyl sites for hydroxylation is 1. The molecule has 0 atom stereocenters. The van der Waals surface area contributed by atoms with E-state index in [1.807, 2.05) is 0 Å². The van der Waals surface area contributed by atoms with Crippen LogP contribution in [0.1, 0.15) is 20.8 Å². The molecular weight excluding hydrogens is 375 g/mol. The smallest absolute Gasteiger partial charge is 0.276 e. The predicted octanol–water partition coefficient (Wildman–Crippen LogP) is 4.23. The Balaban J connectivity index is 1.75. The topological polar surface area (TPSA) is 76.0 Å². The molecule has 0 spiro atoms. The number of carbonyl (C=O) groups excluding carboxylic acids is 2. The Hall–Kier alpha value is -2.83. The van der Waals surface area contributed by atoms with E-state index >= 15 is 0 Å². The van der Waals surface area contributed by atoms with Crippen molar-refractivity contribution in [2.24, 2.45) is 7.05 Å². The SMILES string of the molecule is Cn1nc(C(=O)Nc2cccc(Cl)c2)cc1NC(=O)c1ccccc1Cl. The fourth-order valence-corrected chi connectivity index (χ4v) is 2.70. The highest BCUT2D eigenvalue weighted by atomic mass is 35.5. The van der Waals surface area contributed by atoms with Crippen molar-refractivity contribution >= 4 is 46.5 Å². The molecule has 0 aliphatic carbocycles. The van der Waals surface area contributed by atoms with Crippen LogP contribution in [-0.2, 0) is 7.05 Å². The molecule has 8 heteroatoms. The predicted molar refractivity (Wildman–Crippen MR) is 102 cm³/mol. The lowest BCUT2D eigenvalue weighted by atomic mass is 10.2. The molecule has 6 nitrogen and oxygen atoms in total. The summed E-state index contributed by atoms with van der Waals surface area (Å²) in [6.45, 7) is 0. The van der Waals surface area contributed by atoms with E-state index in [4.69, 9.17) is 23.2 Å². The van der Waals surface area contributed by atoms with Gasteiger partial charge in [-0.3, -0.25) is 14.3 Å². The van der Waals surface area contributed by atoms with Crippen molar-refractivity contribution in [2.45, 2.75) is 0 Å². The highest BCUT2D eigenvalue weighted by Gasteiger charge is 2.16. The summed E-state index contributed by atoms with van der Waals surface area (Å²) in [7, 11) is 1.62. The van der Waals surface area contributed by atoms with Crippen LogP contribution < -0.4 is 10.6 Å². The number of nitrogens with one attached hydrogen (secondary N) is 2. The number of anilines is 2. The first-order chi connectivity index (χ1) is 12.4. The molecule has 0 radical (unpaired) electrons. The minimum absolute atomic E-state index is 0.155. The summed E-state index contributed by atoms with van der Waals surface area (Å²) in [5.74, 6) is -0.437. The zero-order valence-corrected chi connectivity index (χ0v) is 15.2. The number of hydrogen-bond acceptors (Lipinski definition) is 3. The zero-order valence-electron chi connectivity index (χ0n) is 13.7. The van der Waals surface area contributed by atoms with Crippen molar-refractivity contribution in [1.82, 2.24) is 9.78 Å². The van der Waals surface area contributed by atoms with Gasteiger partial charge in [-0.2, -0.15) is 5.10 Å². The molecule has 0 saturated heterocycles. The van der Waals surface area contributed by atoms with Crippen LogP contribution in [0, 0.1) is 0 Å². The van der Waals surface area contributed by atoms with Gasteiger partial charge in [0.1, 0.15) is 5.82 Å². The first-order valence-corrected chi connectivity index (χ1v) is 8.36. The van der Waals surface area contributed by atoms with Crippen LogP contribution in [0.4, 0.5) is 11.5 Å². The second kappa shape index (κ2) is 7.59. The summed E-state index contributed by atoms with van der Waals surface area (Å²) >= 11 is 11.9. The average Bonchev–Trinajstić information content (AvgIpc) is 2.96. The molecule has 2 N–H and O–H groups in total. The molecular formula is C18H14Cl2N4O2. The summed E-state index contributed by atoms with van der Waals surface area (Å²) in [5.41, 5.74) is 1.04. The number of hydrogen-bond donors (Lipinski definition) is 2. The monoisotopic (exact) mass is 388 g/mol. The van der Waals surface area contributed by atoms with Crippen LogP contribution >= 0.6 is 23.2 Å². The maximum atomic E-state index is 12.3. The van der Waals surface area contributed by atoms with Gasteiger partial charge >= 0.3 is 0 Å². The summed E-state index contributed by atoms with van der Waals surface area (Å²) in [6.07, 6.45) is 0. The quantitative estimate of drug-likeness (QED) is 0.701. The molecule has 0 bridgehead atoms. The fourth-order valence-electron chi connectivity index (χ4n) is 2.29. The number of aromatic nitrogens is 2. The molecule has 0 aliphatic heterocycles. The minimum atomic E-state index is -0.416. The number of benzene rings is 2. The largest absolute Gasteiger partial charge is 0.321 e. The highest BCUT2D eigenvalue weighted by molar-refractivity contribution is 6.34. The third-order valence-electron chi connectivity index (χ3n) is 3.56. The van der Waals surface area contributed by atoms with E-state index in [-0.39, 0.29) is 11.6 Å². The van der Waals surface area contributed by atoms with Gasteiger partial charge in [-0.05, 0) is 30.3 Å². The molecule has 1 heterocycles. The second-order valence-corrected chi connectivity index (χ2v) is 6.28. The lowest BCUT2D eigenvalue weighted by Gasteiger charge is -2.06. The van der Waals surface area contributed by atoms with E-state index < -0.39 is 5.91 Å². The van der Waals surface area contributed by atoms with Gasteiger partial charge in [-0.1, -0.05) is 41.4 Å². The number of rotatable bonds is 4. The standard InChI is InChI=1S/C18H14Cl2N4O2/c1-24-16(22-17(25)13-7-2-3-8-14(13)20)10-15(23-24)18(26)21-12-6-4-5-11(19)9-12/h2-10H,1H3,(H,21,26)(H,22,25). The van der Waals surface area contributed by atoms with Gasteiger partial charge in [0.05, 0.1) is 10.6 Å². The Morgan fingerprint density at radius 3 is 2.46 bits per heavy atom. The van der Waals surface area contributed by atoms with Crippen molar-refractivity contribution in [2.75, 3.05) is 10.6 Å². The lowest BCUT2D eigenvalue weighted by molar-refractivity contribution is 0.101. The van der Waals surface area contributed by atoms with Gasteiger partial charge in [0.15, 0.2) is 5.69 Å². The van der Waals surface area contributed by atoms with Gasteiger partial charge in [0.25, 0.3) is 11.8 Å². The molecule has 26 heavy (non-hydrogen) atoms. The fraction of sp³-hybridized carbons (Fsp3) is 0.0556. The summed E-state index contributed by atoms with van der Waals surface area (Å²) in [4.78, 5) is 24.7. The molecule has 1 aromatic heterocycles. The second-order valence-electron chi connectivity index (χ2n) is 5.44. The zero-order chi connectivity index (χ0) is 18.7. The lowest BCUT2D eigenvalue weighted by Crippen LogP contribution is -2.14. The van der Waals surface area contributed by atoms with Crippen molar-refractivity contribution < 1.29 is 9.59 Å². The maximum absolute atomic E-state index is 12.3. The van der Waals surface area contributed by atoms with Crippen LogP contribution in [-0.4, -0.2) is 21.6 Å². The number of amides is 2. The summed E-state index contributed by atoms with van der Waals surface area (Å²) in [5, 5.41) is 10.4. The molecule has 0 saturated carbocycles. The molecule has 0 unspecified atom stereocenters. The molecule has 2 aromatic carbocycles. The third kappa shape index (κ3) is 4.04. The van der Waals surface area contributed by atoms with E-state index in [1.165, 1.54) is 10.7 Å². The Labute approximate surface area is 159 Å². The first kappa shape index (κ1) is 18.0. The Kier molecular flexibility index (Phi) is 5.25. The maximum Gasteiger partial charge on any atom is 0.276 e. The van der Waals surface area contributed by atoms with Gasteiger partial charge in [0, 0.05) is 23.8 Å². The van der Waals surface area contributed by atoms with Crippen molar-refractivity contribution in [3.8, 4) is 0 Å². The number of carbonyl (C=O) groups is 2.